The van der Waals surface area contributed by atoms with Crippen LogP contribution < -0.4 is 0 Å². The van der Waals surface area contributed by atoms with Crippen molar-refractivity contribution in [3.63, 3.8) is 0 Å². The van der Waals surface area contributed by atoms with Crippen molar-refractivity contribution in [2.24, 2.45) is 0 Å². The van der Waals surface area contributed by atoms with Crippen LogP contribution in [0.2, 0.25) is 0 Å². The molecule has 0 unspecified atom stereocenters. The van der Waals surface area contributed by atoms with E-state index in [9.17, 15) is 0 Å². The van der Waals surface area contributed by atoms with E-state index in [0.717, 1.165) is 0 Å². The Morgan fingerprint density at radius 1 is 0.778 bits per heavy atom. The van der Waals surface area contributed by atoms with Crippen LogP contribution in [0.15, 0.2) is 0 Å². The predicted molar refractivity (Wildman–Crippen MR) is 18.8 cm³/mol. The molecule has 0 amide bonds. The van der Waals surface area contributed by atoms with E-state index in [1.165, 1.54) is 0 Å². The second kappa shape index (κ2) is 12.5. The van der Waals surface area contributed by atoms with Gasteiger partial charge >= 0.3 is 85.9 Å². The molecule has 0 atom stereocenters. The molecule has 0 aliphatic heterocycles. The normalized spacial score (nSPS) is 5.78. The Labute approximate surface area is 84.9 Å². The van der Waals surface area contributed by atoms with Crippen LogP contribution in [-0.2, 0) is 43.9 Å². The van der Waals surface area contributed by atoms with E-state index in [0.29, 0.717) is 0 Å². The minimum atomic E-state index is -3.58. The van der Waals surface area contributed by atoms with Gasteiger partial charge in [0.1, 0.15) is 0 Å². The van der Waals surface area contributed by atoms with Gasteiger partial charge in [-0.1, -0.05) is 0 Å². The summed E-state index contributed by atoms with van der Waals surface area (Å²) in [6, 6.07) is 0. The van der Waals surface area contributed by atoms with Gasteiger partial charge in [-0.3, -0.25) is 0 Å². The molecule has 9 heavy (non-hydrogen) atoms. The Balaban J connectivity index is -0.0000000720. The number of hydrogen-bond acceptors (Lipinski definition) is 2. The summed E-state index contributed by atoms with van der Waals surface area (Å²) in [6.45, 7) is 0. The van der Waals surface area contributed by atoms with Crippen molar-refractivity contribution in [2.75, 3.05) is 0 Å². The van der Waals surface area contributed by atoms with Gasteiger partial charge in [-0.25, -0.2) is 0 Å². The van der Waals surface area contributed by atoms with Gasteiger partial charge in [0.15, 0.2) is 0 Å². The monoisotopic (exact) mass is 406 g/mol. The summed E-state index contributed by atoms with van der Waals surface area (Å²) in [5.74, 6) is 0. The first-order chi connectivity index (χ1) is 3.46. The fourth-order valence-electron chi connectivity index (χ4n) is 0. The molecule has 0 rings (SSSR count). The molecule has 6 nitrogen and oxygen atoms in total. The SMILES string of the molecule is [O]=[Ti]([OH])[OH].[O]=[Ti]([OH])[OH].[PbH2]. The van der Waals surface area contributed by atoms with Crippen molar-refractivity contribution >= 4 is 27.3 Å². The van der Waals surface area contributed by atoms with Crippen LogP contribution >= 0.6 is 0 Å². The third kappa shape index (κ3) is 185. The van der Waals surface area contributed by atoms with Crippen molar-refractivity contribution in [1.82, 2.24) is 0 Å². The molecule has 0 saturated heterocycles. The maximum absolute atomic E-state index is 8.81. The Bertz CT molecular complexity index is 69.1. The quantitative estimate of drug-likeness (QED) is 0.313. The van der Waals surface area contributed by atoms with Crippen molar-refractivity contribution in [3.8, 4) is 0 Å². The second-order valence-electron chi connectivity index (χ2n) is 0.565. The summed E-state index contributed by atoms with van der Waals surface area (Å²) in [6.07, 6.45) is 0. The summed E-state index contributed by atoms with van der Waals surface area (Å²) in [4.78, 5) is 0. The van der Waals surface area contributed by atoms with Gasteiger partial charge in [-0.15, -0.1) is 0 Å². The van der Waals surface area contributed by atoms with Gasteiger partial charge in [0.05, 0.1) is 0 Å². The topological polar surface area (TPSA) is 115 Å². The van der Waals surface area contributed by atoms with Gasteiger partial charge in [0.2, 0.25) is 0 Å². The molecule has 0 fully saturated rings. The first-order valence-corrected chi connectivity index (χ1v) is 5.37. The van der Waals surface area contributed by atoms with Gasteiger partial charge in [0.25, 0.3) is 0 Å². The van der Waals surface area contributed by atoms with E-state index in [1.807, 2.05) is 0 Å². The zero-order chi connectivity index (χ0) is 7.15. The molecule has 0 aliphatic carbocycles. The third-order valence-corrected chi connectivity index (χ3v) is 0. The number of rotatable bonds is 0. The summed E-state index contributed by atoms with van der Waals surface area (Å²) >= 11 is -7.17. The Hall–Kier alpha value is 1.79. The summed E-state index contributed by atoms with van der Waals surface area (Å²) in [5, 5.41) is 0. The molecule has 0 heterocycles. The van der Waals surface area contributed by atoms with E-state index >= 15 is 0 Å². The van der Waals surface area contributed by atoms with Crippen molar-refractivity contribution in [3.05, 3.63) is 0 Å². The Morgan fingerprint density at radius 3 is 0.778 bits per heavy atom. The van der Waals surface area contributed by atoms with Crippen LogP contribution in [0.1, 0.15) is 0 Å². The Kier molecular flexibility index (Phi) is 23.6. The molecule has 2 radical (unpaired) electrons. The summed E-state index contributed by atoms with van der Waals surface area (Å²) < 4.78 is 46.5. The maximum atomic E-state index is 8.81. The van der Waals surface area contributed by atoms with Crippen LogP contribution in [0.3, 0.4) is 0 Å². The molecule has 0 aliphatic rings. The fraction of sp³-hybridized carbons (Fsp3) is 0. The zero-order valence-electron chi connectivity index (χ0n) is 4.31. The van der Waals surface area contributed by atoms with Crippen LogP contribution in [0.4, 0.5) is 0 Å². The summed E-state index contributed by atoms with van der Waals surface area (Å²) in [5.41, 5.74) is 0. The van der Waals surface area contributed by atoms with E-state index in [1.54, 1.807) is 0 Å². The molecule has 0 spiro atoms. The van der Waals surface area contributed by atoms with Crippen LogP contribution in [0.5, 0.6) is 0 Å². The molecule has 9 heteroatoms. The van der Waals surface area contributed by atoms with Crippen molar-refractivity contribution in [2.45, 2.75) is 0 Å². The molecule has 54 valence electrons. The molecular weight excluding hydrogens is 399 g/mol. The molecule has 0 aromatic carbocycles. The van der Waals surface area contributed by atoms with E-state index in [4.69, 9.17) is 21.4 Å². The molecule has 0 aromatic heterocycles. The first kappa shape index (κ1) is 17.0. The molecule has 0 bridgehead atoms. The predicted octanol–water partition coefficient (Wildman–Crippen LogP) is -3.39. The van der Waals surface area contributed by atoms with Crippen LogP contribution in [-0.4, -0.2) is 42.1 Å². The minimum absolute atomic E-state index is 0. The molecule has 0 saturated carbocycles. The molecular formula is H6O6PbTi2. The third-order valence-electron chi connectivity index (χ3n) is 0. The Morgan fingerprint density at radius 2 is 0.778 bits per heavy atom. The second-order valence-corrected chi connectivity index (χ2v) is 2.33. The van der Waals surface area contributed by atoms with E-state index in [-0.39, 0.29) is 27.3 Å². The van der Waals surface area contributed by atoms with Crippen LogP contribution in [0, 0.1) is 0 Å². The van der Waals surface area contributed by atoms with Crippen molar-refractivity contribution in [1.29, 1.82) is 0 Å². The van der Waals surface area contributed by atoms with Gasteiger partial charge in [-0.2, -0.15) is 0 Å². The standard InChI is InChI=1S/4H2O.2O.Pb.2Ti.2H/h4*1H2;;;;;;;/q;;;;;;;2*+2;;/p-4. The van der Waals surface area contributed by atoms with Crippen LogP contribution in [0.25, 0.3) is 0 Å². The average molecular weight is 405 g/mol. The van der Waals surface area contributed by atoms with Crippen molar-refractivity contribution < 1.29 is 58.6 Å². The first-order valence-electron chi connectivity index (χ1n) is 1.30. The van der Waals surface area contributed by atoms with Gasteiger partial charge < -0.3 is 0 Å². The number of hydrogen-bond donors (Lipinski definition) is 4. The summed E-state index contributed by atoms with van der Waals surface area (Å²) in [7, 11) is 0. The van der Waals surface area contributed by atoms with E-state index in [2.05, 4.69) is 0 Å². The molecule has 4 N–H and O–H groups in total. The fourth-order valence-corrected chi connectivity index (χ4v) is 0. The van der Waals surface area contributed by atoms with Gasteiger partial charge in [-0.05, 0) is 0 Å². The van der Waals surface area contributed by atoms with E-state index < -0.39 is 37.2 Å². The zero-order valence-corrected chi connectivity index (χ0v) is 12.9. The molecule has 0 aromatic rings. The average Bonchev–Trinajstić information content (AvgIpc) is 1.25. The van der Waals surface area contributed by atoms with Gasteiger partial charge in [0, 0.05) is 0 Å².